The predicted octanol–water partition coefficient (Wildman–Crippen LogP) is 3.41. The molecule has 1 heterocycles. The van der Waals surface area contributed by atoms with Crippen molar-refractivity contribution in [2.45, 2.75) is 38.6 Å². The number of nitrogens with zero attached hydrogens (tertiary/aromatic N) is 2. The molecule has 1 aromatic heterocycles. The minimum absolute atomic E-state index is 0.430. The predicted molar refractivity (Wildman–Crippen MR) is 79.1 cm³/mol. The van der Waals surface area contributed by atoms with Crippen molar-refractivity contribution in [3.63, 3.8) is 0 Å². The Morgan fingerprint density at radius 2 is 2.16 bits per heavy atom. The number of aromatic nitrogens is 2. The lowest BCUT2D eigenvalue weighted by atomic mass is 9.78. The highest BCUT2D eigenvalue weighted by atomic mass is 15.3. The first-order chi connectivity index (χ1) is 9.31. The van der Waals surface area contributed by atoms with E-state index in [-0.39, 0.29) is 0 Å². The summed E-state index contributed by atoms with van der Waals surface area (Å²) in [6, 6.07) is 9.00. The van der Waals surface area contributed by atoms with E-state index in [1.54, 1.807) is 0 Å². The molecule has 0 bridgehead atoms. The average Bonchev–Trinajstić information content (AvgIpc) is 2.70. The van der Waals surface area contributed by atoms with Gasteiger partial charge in [0.15, 0.2) is 0 Å². The molecule has 102 valence electrons. The molecule has 0 radical (unpaired) electrons. The van der Waals surface area contributed by atoms with Crippen LogP contribution in [0.4, 0.5) is 0 Å². The number of benzene rings is 1. The zero-order valence-electron chi connectivity index (χ0n) is 11.9. The molecule has 0 spiro atoms. The second kappa shape index (κ2) is 5.33. The maximum absolute atomic E-state index is 4.80. The molecule has 1 saturated carbocycles. The van der Waals surface area contributed by atoms with Crippen LogP contribution in [0.5, 0.6) is 0 Å². The third-order valence-corrected chi connectivity index (χ3v) is 4.32. The first-order valence-electron chi connectivity index (χ1n) is 7.46. The summed E-state index contributed by atoms with van der Waals surface area (Å²) in [5.74, 6) is 0.768. The van der Waals surface area contributed by atoms with Gasteiger partial charge >= 0.3 is 0 Å². The van der Waals surface area contributed by atoms with Crippen molar-refractivity contribution >= 4 is 10.9 Å². The van der Waals surface area contributed by atoms with Gasteiger partial charge < -0.3 is 5.32 Å². The Labute approximate surface area is 115 Å². The Kier molecular flexibility index (Phi) is 3.56. The van der Waals surface area contributed by atoms with Crippen molar-refractivity contribution in [1.82, 2.24) is 15.1 Å². The summed E-state index contributed by atoms with van der Waals surface area (Å²) in [6.07, 6.45) is 5.23. The van der Waals surface area contributed by atoms with Gasteiger partial charge in [0.05, 0.1) is 17.3 Å². The normalized spacial score (nSPS) is 17.6. The van der Waals surface area contributed by atoms with Crippen LogP contribution in [0.2, 0.25) is 0 Å². The monoisotopic (exact) mass is 257 g/mol. The Morgan fingerprint density at radius 1 is 1.37 bits per heavy atom. The highest BCUT2D eigenvalue weighted by molar-refractivity contribution is 5.82. The van der Waals surface area contributed by atoms with Crippen molar-refractivity contribution in [3.05, 3.63) is 30.0 Å². The highest BCUT2D eigenvalue weighted by Gasteiger charge is 2.31. The quantitative estimate of drug-likeness (QED) is 0.889. The van der Waals surface area contributed by atoms with Gasteiger partial charge in [0.2, 0.25) is 0 Å². The third kappa shape index (κ3) is 2.27. The maximum atomic E-state index is 4.80. The SMILES string of the molecule is CCCNC(c1nn(C)c2ccccc12)C1CCC1. The zero-order valence-corrected chi connectivity index (χ0v) is 11.9. The molecule has 1 aromatic carbocycles. The fraction of sp³-hybridized carbons (Fsp3) is 0.562. The van der Waals surface area contributed by atoms with E-state index in [4.69, 9.17) is 5.10 Å². The number of rotatable bonds is 5. The number of nitrogens with one attached hydrogen (secondary N) is 1. The van der Waals surface area contributed by atoms with Gasteiger partial charge in [-0.1, -0.05) is 31.5 Å². The smallest absolute Gasteiger partial charge is 0.0875 e. The van der Waals surface area contributed by atoms with Crippen molar-refractivity contribution in [2.75, 3.05) is 6.54 Å². The van der Waals surface area contributed by atoms with Gasteiger partial charge in [-0.25, -0.2) is 0 Å². The van der Waals surface area contributed by atoms with Gasteiger partial charge in [-0.2, -0.15) is 5.10 Å². The van der Waals surface area contributed by atoms with Crippen molar-refractivity contribution < 1.29 is 0 Å². The van der Waals surface area contributed by atoms with Crippen LogP contribution in [0.25, 0.3) is 10.9 Å². The van der Waals surface area contributed by atoms with Gasteiger partial charge in [0.25, 0.3) is 0 Å². The van der Waals surface area contributed by atoms with E-state index in [0.29, 0.717) is 6.04 Å². The molecule has 19 heavy (non-hydrogen) atoms. The molecule has 1 aliphatic rings. The molecule has 0 aliphatic heterocycles. The zero-order chi connectivity index (χ0) is 13.2. The summed E-state index contributed by atoms with van der Waals surface area (Å²) < 4.78 is 2.02. The van der Waals surface area contributed by atoms with Gasteiger partial charge in [-0.15, -0.1) is 0 Å². The topological polar surface area (TPSA) is 29.9 Å². The molecule has 3 heteroatoms. The van der Waals surface area contributed by atoms with E-state index in [9.17, 15) is 0 Å². The number of aryl methyl sites for hydroxylation is 1. The van der Waals surface area contributed by atoms with Gasteiger partial charge in [0.1, 0.15) is 0 Å². The first-order valence-corrected chi connectivity index (χ1v) is 7.46. The molecular weight excluding hydrogens is 234 g/mol. The number of fused-ring (bicyclic) bond motifs is 1. The number of hydrogen-bond donors (Lipinski definition) is 1. The van der Waals surface area contributed by atoms with E-state index in [1.807, 2.05) is 11.7 Å². The molecule has 3 rings (SSSR count). The summed E-state index contributed by atoms with van der Waals surface area (Å²) in [5.41, 5.74) is 2.48. The van der Waals surface area contributed by atoms with E-state index >= 15 is 0 Å². The summed E-state index contributed by atoms with van der Waals surface area (Å²) in [4.78, 5) is 0. The molecule has 0 amide bonds. The fourth-order valence-corrected chi connectivity index (χ4v) is 3.03. The van der Waals surface area contributed by atoms with E-state index < -0.39 is 0 Å². The van der Waals surface area contributed by atoms with Crippen LogP contribution in [0.3, 0.4) is 0 Å². The van der Waals surface area contributed by atoms with Crippen LogP contribution in [-0.2, 0) is 7.05 Å². The Morgan fingerprint density at radius 3 is 2.84 bits per heavy atom. The lowest BCUT2D eigenvalue weighted by Crippen LogP contribution is -2.33. The van der Waals surface area contributed by atoms with Crippen LogP contribution in [0, 0.1) is 5.92 Å². The second-order valence-corrected chi connectivity index (χ2v) is 5.65. The third-order valence-electron chi connectivity index (χ3n) is 4.32. The molecule has 0 saturated heterocycles. The number of hydrogen-bond acceptors (Lipinski definition) is 2. The highest BCUT2D eigenvalue weighted by Crippen LogP contribution is 2.39. The summed E-state index contributed by atoms with van der Waals surface area (Å²) in [6.45, 7) is 3.30. The van der Waals surface area contributed by atoms with Crippen LogP contribution in [0.15, 0.2) is 24.3 Å². The van der Waals surface area contributed by atoms with Crippen LogP contribution in [-0.4, -0.2) is 16.3 Å². The lowest BCUT2D eigenvalue weighted by molar-refractivity contribution is 0.228. The molecular formula is C16H23N3. The standard InChI is InChI=1S/C16H23N3/c1-3-11-17-15(12-7-6-8-12)16-13-9-4-5-10-14(13)19(2)18-16/h4-5,9-10,12,15,17H,3,6-8,11H2,1-2H3. The molecule has 1 N–H and O–H groups in total. The van der Waals surface area contributed by atoms with Crippen LogP contribution < -0.4 is 5.32 Å². The molecule has 1 atom stereocenters. The van der Waals surface area contributed by atoms with E-state index in [0.717, 1.165) is 12.5 Å². The van der Waals surface area contributed by atoms with Crippen LogP contribution in [0.1, 0.15) is 44.3 Å². The molecule has 2 aromatic rings. The Hall–Kier alpha value is -1.35. The second-order valence-electron chi connectivity index (χ2n) is 5.65. The van der Waals surface area contributed by atoms with Crippen molar-refractivity contribution in [2.24, 2.45) is 13.0 Å². The van der Waals surface area contributed by atoms with Gasteiger partial charge in [0, 0.05) is 12.4 Å². The molecule has 1 aliphatic carbocycles. The molecule has 1 fully saturated rings. The van der Waals surface area contributed by atoms with Crippen LogP contribution >= 0.6 is 0 Å². The minimum Gasteiger partial charge on any atom is -0.308 e. The van der Waals surface area contributed by atoms with Gasteiger partial charge in [-0.05, 0) is 37.8 Å². The minimum atomic E-state index is 0.430. The summed E-state index contributed by atoms with van der Waals surface area (Å²) >= 11 is 0. The van der Waals surface area contributed by atoms with Gasteiger partial charge in [-0.3, -0.25) is 4.68 Å². The fourth-order valence-electron chi connectivity index (χ4n) is 3.03. The Bertz CT molecular complexity index is 554. The van der Waals surface area contributed by atoms with E-state index in [1.165, 1.54) is 42.3 Å². The summed E-state index contributed by atoms with van der Waals surface area (Å²) in [7, 11) is 2.05. The molecule has 1 unspecified atom stereocenters. The first kappa shape index (κ1) is 12.7. The number of para-hydroxylation sites is 1. The van der Waals surface area contributed by atoms with Crippen molar-refractivity contribution in [1.29, 1.82) is 0 Å². The van der Waals surface area contributed by atoms with Crippen molar-refractivity contribution in [3.8, 4) is 0 Å². The average molecular weight is 257 g/mol. The summed E-state index contributed by atoms with van der Waals surface area (Å²) in [5, 5.41) is 9.83. The van der Waals surface area contributed by atoms with E-state index in [2.05, 4.69) is 36.5 Å². The Balaban J connectivity index is 1.99. The molecule has 3 nitrogen and oxygen atoms in total. The largest absolute Gasteiger partial charge is 0.308 e. The lowest BCUT2D eigenvalue weighted by Gasteiger charge is -2.33. The maximum Gasteiger partial charge on any atom is 0.0875 e.